The Morgan fingerprint density at radius 3 is 2.59 bits per heavy atom. The molecule has 4 rings (SSSR count). The van der Waals surface area contributed by atoms with Crippen LogP contribution in [0.4, 0.5) is 0 Å². The summed E-state index contributed by atoms with van der Waals surface area (Å²) >= 11 is 0. The number of benzene rings is 2. The first-order chi connectivity index (χ1) is 10.9. The molecule has 2 aromatic heterocycles. The van der Waals surface area contributed by atoms with Crippen molar-refractivity contribution in [1.82, 2.24) is 4.98 Å². The lowest BCUT2D eigenvalue weighted by Crippen LogP contribution is -1.74. The maximum absolute atomic E-state index is 5.73. The Morgan fingerprint density at radius 1 is 0.864 bits per heavy atom. The lowest BCUT2D eigenvalue weighted by atomic mass is 10.1. The molecule has 2 heterocycles. The molecule has 0 amide bonds. The normalized spacial score (nSPS) is 11.5. The lowest BCUT2D eigenvalue weighted by Gasteiger charge is -1.94. The summed E-state index contributed by atoms with van der Waals surface area (Å²) in [4.78, 5) is 4.50. The van der Waals surface area contributed by atoms with Crippen LogP contribution in [0.2, 0.25) is 0 Å². The summed E-state index contributed by atoms with van der Waals surface area (Å²) < 4.78 is 11.1. The number of nitrogens with zero attached hydrogens (tertiary/aromatic N) is 1. The van der Waals surface area contributed by atoms with Gasteiger partial charge in [0.1, 0.15) is 11.3 Å². The van der Waals surface area contributed by atoms with Crippen LogP contribution in [0.1, 0.15) is 11.5 Å². The van der Waals surface area contributed by atoms with E-state index in [9.17, 15) is 0 Å². The van der Waals surface area contributed by atoms with E-state index in [-0.39, 0.29) is 0 Å². The fourth-order valence-electron chi connectivity index (χ4n) is 2.34. The molecule has 0 aliphatic carbocycles. The fourth-order valence-corrected chi connectivity index (χ4v) is 2.34. The second-order valence-electron chi connectivity index (χ2n) is 4.96. The third-order valence-electron chi connectivity index (χ3n) is 3.43. The van der Waals surface area contributed by atoms with Gasteiger partial charge in [0.2, 0.25) is 5.89 Å². The van der Waals surface area contributed by atoms with Crippen molar-refractivity contribution in [1.29, 1.82) is 0 Å². The van der Waals surface area contributed by atoms with E-state index >= 15 is 0 Å². The van der Waals surface area contributed by atoms with Crippen molar-refractivity contribution in [3.8, 4) is 11.3 Å². The topological polar surface area (TPSA) is 39.2 Å². The molecule has 0 bridgehead atoms. The Labute approximate surface area is 127 Å². The van der Waals surface area contributed by atoms with Crippen LogP contribution in [-0.4, -0.2) is 4.98 Å². The summed E-state index contributed by atoms with van der Waals surface area (Å²) in [5.74, 6) is 1.42. The highest BCUT2D eigenvalue weighted by Crippen LogP contribution is 2.25. The number of hydrogen-bond donors (Lipinski definition) is 0. The molecule has 0 fully saturated rings. The zero-order chi connectivity index (χ0) is 14.8. The van der Waals surface area contributed by atoms with Gasteiger partial charge in [-0.25, -0.2) is 4.98 Å². The molecule has 22 heavy (non-hydrogen) atoms. The van der Waals surface area contributed by atoms with Crippen LogP contribution in [0.3, 0.4) is 0 Å². The van der Waals surface area contributed by atoms with Gasteiger partial charge in [-0.2, -0.15) is 0 Å². The Bertz CT molecular complexity index is 919. The zero-order valence-corrected chi connectivity index (χ0v) is 11.8. The molecule has 3 nitrogen and oxygen atoms in total. The van der Waals surface area contributed by atoms with E-state index < -0.39 is 0 Å². The van der Waals surface area contributed by atoms with Crippen molar-refractivity contribution in [2.75, 3.05) is 0 Å². The summed E-state index contributed by atoms with van der Waals surface area (Å²) in [6.07, 6.45) is 5.52. The first kappa shape index (κ1) is 12.7. The first-order valence-electron chi connectivity index (χ1n) is 7.06. The van der Waals surface area contributed by atoms with Crippen LogP contribution in [0.25, 0.3) is 34.6 Å². The molecule has 2 aromatic carbocycles. The van der Waals surface area contributed by atoms with Crippen molar-refractivity contribution in [2.45, 2.75) is 0 Å². The predicted octanol–water partition coefficient (Wildman–Crippen LogP) is 5.26. The molecule has 3 heteroatoms. The summed E-state index contributed by atoms with van der Waals surface area (Å²) in [6, 6.07) is 19.7. The third-order valence-corrected chi connectivity index (χ3v) is 3.43. The van der Waals surface area contributed by atoms with Gasteiger partial charge in [-0.05, 0) is 42.0 Å². The van der Waals surface area contributed by atoms with Gasteiger partial charge < -0.3 is 8.83 Å². The minimum Gasteiger partial charge on any atom is -0.464 e. The minimum atomic E-state index is 0.593. The van der Waals surface area contributed by atoms with Crippen molar-refractivity contribution < 1.29 is 8.83 Å². The molecule has 0 saturated heterocycles. The highest BCUT2D eigenvalue weighted by molar-refractivity contribution is 5.80. The molecule has 0 spiro atoms. The fraction of sp³-hybridized carbons (Fsp3) is 0. The molecule has 4 aromatic rings. The molecule has 0 unspecified atom stereocenters. The van der Waals surface area contributed by atoms with Crippen molar-refractivity contribution in [3.63, 3.8) is 0 Å². The van der Waals surface area contributed by atoms with Crippen LogP contribution in [0, 0.1) is 0 Å². The standard InChI is InChI=1S/C19H13NO2/c1-2-5-14(6-3-1)8-11-19-20-16-13-15(9-10-18(16)22-19)17-7-4-12-21-17/h1-13H. The predicted molar refractivity (Wildman–Crippen MR) is 87.1 cm³/mol. The van der Waals surface area contributed by atoms with Crippen LogP contribution >= 0.6 is 0 Å². The molecular weight excluding hydrogens is 274 g/mol. The molecule has 0 N–H and O–H groups in total. The number of rotatable bonds is 3. The summed E-state index contributed by atoms with van der Waals surface area (Å²) in [5.41, 5.74) is 3.69. The van der Waals surface area contributed by atoms with Crippen LogP contribution in [0.5, 0.6) is 0 Å². The number of aromatic nitrogens is 1. The molecule has 106 valence electrons. The van der Waals surface area contributed by atoms with Crippen molar-refractivity contribution in [3.05, 3.63) is 78.4 Å². The Balaban J connectivity index is 1.67. The zero-order valence-electron chi connectivity index (χ0n) is 11.8. The van der Waals surface area contributed by atoms with Crippen molar-refractivity contribution >= 4 is 23.3 Å². The molecule has 0 aliphatic rings. The smallest absolute Gasteiger partial charge is 0.220 e. The van der Waals surface area contributed by atoms with E-state index in [0.717, 1.165) is 28.0 Å². The molecule has 0 radical (unpaired) electrons. The maximum atomic E-state index is 5.73. The first-order valence-corrected chi connectivity index (χ1v) is 7.06. The van der Waals surface area contributed by atoms with Gasteiger partial charge >= 0.3 is 0 Å². The van der Waals surface area contributed by atoms with Crippen LogP contribution in [-0.2, 0) is 0 Å². The summed E-state index contributed by atoms with van der Waals surface area (Å²) in [7, 11) is 0. The van der Waals surface area contributed by atoms with E-state index in [4.69, 9.17) is 8.83 Å². The van der Waals surface area contributed by atoms with Crippen LogP contribution in [0.15, 0.2) is 75.8 Å². The van der Waals surface area contributed by atoms with Gasteiger partial charge in [-0.3, -0.25) is 0 Å². The highest BCUT2D eigenvalue weighted by Gasteiger charge is 2.07. The number of hydrogen-bond acceptors (Lipinski definition) is 3. The van der Waals surface area contributed by atoms with E-state index in [0.29, 0.717) is 5.89 Å². The second-order valence-corrected chi connectivity index (χ2v) is 4.96. The summed E-state index contributed by atoms with van der Waals surface area (Å²) in [6.45, 7) is 0. The third kappa shape index (κ3) is 2.44. The van der Waals surface area contributed by atoms with E-state index in [2.05, 4.69) is 4.98 Å². The van der Waals surface area contributed by atoms with Gasteiger partial charge in [-0.1, -0.05) is 30.3 Å². The van der Waals surface area contributed by atoms with E-state index in [1.807, 2.05) is 72.8 Å². The Morgan fingerprint density at radius 2 is 1.77 bits per heavy atom. The monoisotopic (exact) mass is 287 g/mol. The van der Waals surface area contributed by atoms with Gasteiger partial charge in [-0.15, -0.1) is 0 Å². The molecular formula is C19H13NO2. The highest BCUT2D eigenvalue weighted by atomic mass is 16.3. The molecule has 0 saturated carbocycles. The Hall–Kier alpha value is -3.07. The SMILES string of the molecule is C(=Cc1nc2cc(-c3ccco3)ccc2o1)c1ccccc1. The Kier molecular flexibility index (Phi) is 3.09. The minimum absolute atomic E-state index is 0.593. The average molecular weight is 287 g/mol. The number of oxazole rings is 1. The van der Waals surface area contributed by atoms with Gasteiger partial charge in [0.25, 0.3) is 0 Å². The van der Waals surface area contributed by atoms with Gasteiger partial charge in [0.05, 0.1) is 6.26 Å². The van der Waals surface area contributed by atoms with Gasteiger partial charge in [0.15, 0.2) is 5.58 Å². The van der Waals surface area contributed by atoms with Crippen LogP contribution < -0.4 is 0 Å². The van der Waals surface area contributed by atoms with E-state index in [1.165, 1.54) is 0 Å². The molecule has 0 atom stereocenters. The van der Waals surface area contributed by atoms with Crippen molar-refractivity contribution in [2.24, 2.45) is 0 Å². The average Bonchev–Trinajstić information content (AvgIpc) is 3.22. The largest absolute Gasteiger partial charge is 0.464 e. The van der Waals surface area contributed by atoms with Gasteiger partial charge in [0, 0.05) is 11.6 Å². The van der Waals surface area contributed by atoms with E-state index in [1.54, 1.807) is 6.26 Å². The second kappa shape index (κ2) is 5.37. The maximum Gasteiger partial charge on any atom is 0.220 e. The summed E-state index contributed by atoms with van der Waals surface area (Å²) in [5, 5.41) is 0. The molecule has 0 aliphatic heterocycles. The lowest BCUT2D eigenvalue weighted by molar-refractivity contribution is 0.582. The number of furan rings is 1. The quantitative estimate of drug-likeness (QED) is 0.516. The number of fused-ring (bicyclic) bond motifs is 1.